The second-order valence-corrected chi connectivity index (χ2v) is 7.70. The number of aryl methyl sites for hydroxylation is 2. The highest BCUT2D eigenvalue weighted by Crippen LogP contribution is 2.23. The van der Waals surface area contributed by atoms with Gasteiger partial charge in [-0.1, -0.05) is 48.7 Å². The van der Waals surface area contributed by atoms with Gasteiger partial charge in [0.2, 0.25) is 11.1 Å². The Hall–Kier alpha value is -1.89. The van der Waals surface area contributed by atoms with Crippen LogP contribution in [-0.4, -0.2) is 38.4 Å². The van der Waals surface area contributed by atoms with E-state index in [0.29, 0.717) is 16.8 Å². The largest absolute Gasteiger partial charge is 0.355 e. The Kier molecular flexibility index (Phi) is 6.07. The van der Waals surface area contributed by atoms with Crippen molar-refractivity contribution >= 4 is 17.7 Å². The third-order valence-corrected chi connectivity index (χ3v) is 5.59. The van der Waals surface area contributed by atoms with Crippen LogP contribution in [0, 0.1) is 19.8 Å². The van der Waals surface area contributed by atoms with Gasteiger partial charge in [-0.15, -0.1) is 5.10 Å². The van der Waals surface area contributed by atoms with Crippen LogP contribution < -0.4 is 5.32 Å². The maximum Gasteiger partial charge on any atom is 0.230 e. The molecule has 1 aromatic carbocycles. The molecular formula is C18H25N5OS. The molecule has 0 unspecified atom stereocenters. The molecule has 1 heterocycles. The van der Waals surface area contributed by atoms with E-state index in [-0.39, 0.29) is 5.91 Å². The fourth-order valence-electron chi connectivity index (χ4n) is 3.29. The summed E-state index contributed by atoms with van der Waals surface area (Å²) >= 11 is 1.37. The molecule has 0 aliphatic heterocycles. The van der Waals surface area contributed by atoms with Crippen LogP contribution in [0.3, 0.4) is 0 Å². The van der Waals surface area contributed by atoms with Crippen LogP contribution in [0.1, 0.15) is 43.2 Å². The molecule has 0 bridgehead atoms. The van der Waals surface area contributed by atoms with Gasteiger partial charge in [-0.05, 0) is 54.7 Å². The zero-order valence-electron chi connectivity index (χ0n) is 14.9. The average Bonchev–Trinajstić information content (AvgIpc) is 3.07. The van der Waals surface area contributed by atoms with Crippen molar-refractivity contribution in [3.05, 3.63) is 29.3 Å². The van der Waals surface area contributed by atoms with Crippen molar-refractivity contribution in [2.45, 2.75) is 51.1 Å². The maximum atomic E-state index is 12.1. The molecule has 2 aromatic rings. The van der Waals surface area contributed by atoms with Gasteiger partial charge in [0.1, 0.15) is 0 Å². The number of carbonyl (C=O) groups excluding carboxylic acids is 1. The summed E-state index contributed by atoms with van der Waals surface area (Å²) in [5, 5.41) is 15.6. The quantitative estimate of drug-likeness (QED) is 0.803. The van der Waals surface area contributed by atoms with Crippen molar-refractivity contribution in [3.63, 3.8) is 0 Å². The zero-order valence-corrected chi connectivity index (χ0v) is 15.7. The summed E-state index contributed by atoms with van der Waals surface area (Å²) in [5.74, 6) is 1.02. The lowest BCUT2D eigenvalue weighted by Crippen LogP contribution is -2.31. The van der Waals surface area contributed by atoms with Crippen LogP contribution >= 0.6 is 11.8 Å². The van der Waals surface area contributed by atoms with E-state index < -0.39 is 0 Å². The van der Waals surface area contributed by atoms with Crippen LogP contribution in [0.25, 0.3) is 5.69 Å². The number of tetrazole rings is 1. The minimum absolute atomic E-state index is 0.0470. The number of rotatable bonds is 6. The molecule has 7 heteroatoms. The number of aromatic nitrogens is 4. The van der Waals surface area contributed by atoms with Crippen LogP contribution in [0.2, 0.25) is 0 Å². The lowest BCUT2D eigenvalue weighted by Gasteiger charge is -2.21. The van der Waals surface area contributed by atoms with Gasteiger partial charge in [0.25, 0.3) is 0 Å². The van der Waals surface area contributed by atoms with Gasteiger partial charge in [0.15, 0.2) is 0 Å². The molecule has 1 aliphatic carbocycles. The predicted molar refractivity (Wildman–Crippen MR) is 98.9 cm³/mol. The first kappa shape index (κ1) is 17.9. The Morgan fingerprint density at radius 1 is 1.28 bits per heavy atom. The Bertz CT molecular complexity index is 724. The second kappa shape index (κ2) is 8.47. The lowest BCUT2D eigenvalue weighted by atomic mass is 9.89. The summed E-state index contributed by atoms with van der Waals surface area (Å²) in [6.07, 6.45) is 6.39. The Morgan fingerprint density at radius 2 is 2.08 bits per heavy atom. The van der Waals surface area contributed by atoms with E-state index in [1.54, 1.807) is 4.68 Å². The van der Waals surface area contributed by atoms with Gasteiger partial charge >= 0.3 is 0 Å². The Morgan fingerprint density at radius 3 is 2.84 bits per heavy atom. The minimum Gasteiger partial charge on any atom is -0.355 e. The number of hydrogen-bond donors (Lipinski definition) is 1. The Balaban J connectivity index is 1.55. The first-order valence-corrected chi connectivity index (χ1v) is 9.87. The van der Waals surface area contributed by atoms with E-state index >= 15 is 0 Å². The summed E-state index contributed by atoms with van der Waals surface area (Å²) in [5.41, 5.74) is 3.25. The highest BCUT2D eigenvalue weighted by molar-refractivity contribution is 7.99. The van der Waals surface area contributed by atoms with Crippen molar-refractivity contribution < 1.29 is 4.79 Å². The summed E-state index contributed by atoms with van der Waals surface area (Å²) < 4.78 is 1.70. The lowest BCUT2D eigenvalue weighted by molar-refractivity contribution is -0.118. The molecule has 1 fully saturated rings. The SMILES string of the molecule is Cc1ccc(-n2nnnc2SCC(=O)NCC2CCCCC2)c(C)c1. The van der Waals surface area contributed by atoms with Crippen molar-refractivity contribution in [1.82, 2.24) is 25.5 Å². The Labute approximate surface area is 152 Å². The molecule has 3 rings (SSSR count). The normalized spacial score (nSPS) is 15.3. The van der Waals surface area contributed by atoms with Crippen LogP contribution in [-0.2, 0) is 4.79 Å². The predicted octanol–water partition coefficient (Wildman–Crippen LogP) is 3.07. The molecule has 0 saturated heterocycles. The third-order valence-electron chi connectivity index (χ3n) is 4.67. The summed E-state index contributed by atoms with van der Waals surface area (Å²) in [6.45, 7) is 4.89. The topological polar surface area (TPSA) is 72.7 Å². The summed E-state index contributed by atoms with van der Waals surface area (Å²) in [7, 11) is 0. The van der Waals surface area contributed by atoms with Gasteiger partial charge in [0.05, 0.1) is 11.4 Å². The van der Waals surface area contributed by atoms with Crippen LogP contribution in [0.15, 0.2) is 23.4 Å². The molecule has 0 radical (unpaired) electrons. The highest BCUT2D eigenvalue weighted by Gasteiger charge is 2.16. The molecule has 134 valence electrons. The first-order valence-electron chi connectivity index (χ1n) is 8.89. The second-order valence-electron chi connectivity index (χ2n) is 6.76. The van der Waals surface area contributed by atoms with Gasteiger partial charge < -0.3 is 5.32 Å². The minimum atomic E-state index is 0.0470. The summed E-state index contributed by atoms with van der Waals surface area (Å²) in [6, 6.07) is 6.14. The molecule has 1 N–H and O–H groups in total. The molecule has 1 aliphatic rings. The molecule has 6 nitrogen and oxygen atoms in total. The number of nitrogens with zero attached hydrogens (tertiary/aromatic N) is 4. The van der Waals surface area contributed by atoms with Gasteiger partial charge in [-0.25, -0.2) is 0 Å². The van der Waals surface area contributed by atoms with E-state index in [9.17, 15) is 4.79 Å². The van der Waals surface area contributed by atoms with Crippen molar-refractivity contribution in [1.29, 1.82) is 0 Å². The smallest absolute Gasteiger partial charge is 0.230 e. The van der Waals surface area contributed by atoms with E-state index in [4.69, 9.17) is 0 Å². The molecule has 25 heavy (non-hydrogen) atoms. The molecule has 1 saturated carbocycles. The first-order chi connectivity index (χ1) is 12.1. The highest BCUT2D eigenvalue weighted by atomic mass is 32.2. The standard InChI is InChI=1S/C18H25N5OS/c1-13-8-9-16(14(2)10-13)23-18(20-21-22-23)25-12-17(24)19-11-15-6-4-3-5-7-15/h8-10,15H,3-7,11-12H2,1-2H3,(H,19,24). The number of hydrogen-bond acceptors (Lipinski definition) is 5. The number of amides is 1. The fourth-order valence-corrected chi connectivity index (χ4v) is 4.01. The molecule has 1 amide bonds. The monoisotopic (exact) mass is 359 g/mol. The van der Waals surface area contributed by atoms with Gasteiger partial charge in [-0.2, -0.15) is 4.68 Å². The number of carbonyl (C=O) groups is 1. The fraction of sp³-hybridized carbons (Fsp3) is 0.556. The maximum absolute atomic E-state index is 12.1. The molecule has 0 atom stereocenters. The molecule has 1 aromatic heterocycles. The van der Waals surface area contributed by atoms with Crippen LogP contribution in [0.4, 0.5) is 0 Å². The summed E-state index contributed by atoms with van der Waals surface area (Å²) in [4.78, 5) is 12.1. The zero-order chi connectivity index (χ0) is 17.6. The number of thioether (sulfide) groups is 1. The number of nitrogens with one attached hydrogen (secondary N) is 1. The number of benzene rings is 1. The van der Waals surface area contributed by atoms with Gasteiger partial charge in [0, 0.05) is 6.54 Å². The van der Waals surface area contributed by atoms with E-state index in [2.05, 4.69) is 33.8 Å². The van der Waals surface area contributed by atoms with E-state index in [0.717, 1.165) is 17.8 Å². The third kappa shape index (κ3) is 4.81. The van der Waals surface area contributed by atoms with E-state index in [1.165, 1.54) is 49.4 Å². The van der Waals surface area contributed by atoms with Gasteiger partial charge in [-0.3, -0.25) is 4.79 Å². The molecular weight excluding hydrogens is 334 g/mol. The average molecular weight is 359 g/mol. The van der Waals surface area contributed by atoms with Crippen molar-refractivity contribution in [3.8, 4) is 5.69 Å². The van der Waals surface area contributed by atoms with Crippen LogP contribution in [0.5, 0.6) is 0 Å². The molecule has 0 spiro atoms. The van der Waals surface area contributed by atoms with E-state index in [1.807, 2.05) is 19.1 Å². The van der Waals surface area contributed by atoms with Crippen molar-refractivity contribution in [2.75, 3.05) is 12.3 Å². The van der Waals surface area contributed by atoms with Crippen molar-refractivity contribution in [2.24, 2.45) is 5.92 Å².